The summed E-state index contributed by atoms with van der Waals surface area (Å²) >= 11 is 0. The molecule has 0 saturated heterocycles. The van der Waals surface area contributed by atoms with E-state index in [1.54, 1.807) is 0 Å². The summed E-state index contributed by atoms with van der Waals surface area (Å²) in [6, 6.07) is 94.8. The van der Waals surface area contributed by atoms with E-state index in [4.69, 9.17) is 0 Å². The van der Waals surface area contributed by atoms with E-state index in [2.05, 4.69) is 266 Å². The molecule has 0 aliphatic rings. The summed E-state index contributed by atoms with van der Waals surface area (Å²) in [7, 11) is 0. The van der Waals surface area contributed by atoms with Gasteiger partial charge in [-0.15, -0.1) is 0 Å². The zero-order chi connectivity index (χ0) is 42.0. The summed E-state index contributed by atoms with van der Waals surface area (Å²) < 4.78 is 0. The van der Waals surface area contributed by atoms with Crippen molar-refractivity contribution < 1.29 is 0 Å². The Bertz CT molecular complexity index is 3370. The van der Waals surface area contributed by atoms with Crippen molar-refractivity contribution in [3.05, 3.63) is 261 Å². The van der Waals surface area contributed by atoms with Gasteiger partial charge in [0.05, 0.1) is 5.69 Å². The van der Waals surface area contributed by atoms with Crippen molar-refractivity contribution in [1.29, 1.82) is 0 Å². The Labute approximate surface area is 369 Å². The van der Waals surface area contributed by atoms with E-state index in [9.17, 15) is 0 Å². The monoisotopic (exact) mass is 801 g/mol. The number of hydrogen-bond donors (Lipinski definition) is 0. The molecule has 296 valence electrons. The van der Waals surface area contributed by atoms with Crippen molar-refractivity contribution in [1.82, 2.24) is 0 Å². The fraction of sp³-hybridized carbons (Fsp3) is 0. The van der Waals surface area contributed by atoms with Gasteiger partial charge in [0.15, 0.2) is 0 Å². The van der Waals surface area contributed by atoms with E-state index < -0.39 is 0 Å². The summed E-state index contributed by atoms with van der Waals surface area (Å²) in [6.45, 7) is 0. The van der Waals surface area contributed by atoms with E-state index in [0.717, 1.165) is 22.6 Å². The summed E-state index contributed by atoms with van der Waals surface area (Å²) in [4.78, 5) is 2.45. The molecule has 11 rings (SSSR count). The first-order valence-electron chi connectivity index (χ1n) is 21.7. The van der Waals surface area contributed by atoms with Gasteiger partial charge in [0.25, 0.3) is 0 Å². The van der Waals surface area contributed by atoms with Crippen molar-refractivity contribution in [3.63, 3.8) is 0 Å². The quantitative estimate of drug-likeness (QED) is 0.141. The van der Waals surface area contributed by atoms with Crippen molar-refractivity contribution in [2.45, 2.75) is 0 Å². The van der Waals surface area contributed by atoms with E-state index in [1.807, 2.05) is 0 Å². The van der Waals surface area contributed by atoms with Gasteiger partial charge in [-0.25, -0.2) is 0 Å². The highest BCUT2D eigenvalue weighted by Crippen LogP contribution is 2.48. The molecule has 63 heavy (non-hydrogen) atoms. The molecule has 0 bridgehead atoms. The average molecular weight is 802 g/mol. The molecule has 1 heteroatoms. The maximum Gasteiger partial charge on any atom is 0.0546 e. The van der Waals surface area contributed by atoms with Gasteiger partial charge in [-0.2, -0.15) is 0 Å². The molecule has 0 unspecified atom stereocenters. The standard InChI is InChI=1S/C62H43N/c1-3-17-49(18-4-1)58-25-11-12-26-60(58)62-59(50-19-5-2-6-20-50)27-14-28-61(62)63(57-24-13-23-53(43-57)55-36-34-45-16-8-10-22-52(45)42-55)56-39-37-47(38-40-56)46-29-31-48(32-30-46)54-35-33-44-15-7-9-21-51(44)41-54/h1-43H. The van der Waals surface area contributed by atoms with Crippen molar-refractivity contribution >= 4 is 38.6 Å². The summed E-state index contributed by atoms with van der Waals surface area (Å²) in [5, 5.41) is 4.98. The molecule has 11 aromatic carbocycles. The molecular formula is C62H43N. The molecule has 1 nitrogen and oxygen atoms in total. The minimum atomic E-state index is 1.07. The molecule has 0 heterocycles. The van der Waals surface area contributed by atoms with Crippen LogP contribution in [0.1, 0.15) is 0 Å². The second kappa shape index (κ2) is 16.7. The summed E-state index contributed by atoms with van der Waals surface area (Å²) in [6.07, 6.45) is 0. The van der Waals surface area contributed by atoms with Gasteiger partial charge in [0.2, 0.25) is 0 Å². The third-order valence-electron chi connectivity index (χ3n) is 12.3. The largest absolute Gasteiger partial charge is 0.310 e. The lowest BCUT2D eigenvalue weighted by Gasteiger charge is -2.30. The Morgan fingerprint density at radius 1 is 0.206 bits per heavy atom. The topological polar surface area (TPSA) is 3.24 Å². The maximum atomic E-state index is 2.45. The first-order valence-corrected chi connectivity index (χ1v) is 21.7. The number of fused-ring (bicyclic) bond motifs is 2. The Hall–Kier alpha value is -8.26. The van der Waals surface area contributed by atoms with Crippen LogP contribution in [0.4, 0.5) is 17.1 Å². The first kappa shape index (κ1) is 37.7. The molecule has 0 aliphatic heterocycles. The molecule has 0 spiro atoms. The van der Waals surface area contributed by atoms with Crippen LogP contribution in [0.2, 0.25) is 0 Å². The third kappa shape index (κ3) is 7.47. The van der Waals surface area contributed by atoms with Crippen molar-refractivity contribution in [2.75, 3.05) is 4.90 Å². The van der Waals surface area contributed by atoms with Gasteiger partial charge in [-0.1, -0.05) is 218 Å². The minimum absolute atomic E-state index is 1.07. The van der Waals surface area contributed by atoms with Crippen LogP contribution in [0.25, 0.3) is 88.3 Å². The predicted octanol–water partition coefficient (Wildman–Crippen LogP) is 17.5. The molecule has 0 saturated carbocycles. The molecule has 11 aromatic rings. The first-order chi connectivity index (χ1) is 31.2. The summed E-state index contributed by atoms with van der Waals surface area (Å²) in [5.41, 5.74) is 17.5. The zero-order valence-electron chi connectivity index (χ0n) is 34.8. The number of nitrogens with zero attached hydrogens (tertiary/aromatic N) is 1. The van der Waals surface area contributed by atoms with Crippen LogP contribution < -0.4 is 4.90 Å². The van der Waals surface area contributed by atoms with Crippen LogP contribution in [0.3, 0.4) is 0 Å². The second-order valence-corrected chi connectivity index (χ2v) is 16.1. The smallest absolute Gasteiger partial charge is 0.0546 e. The molecular weight excluding hydrogens is 759 g/mol. The van der Waals surface area contributed by atoms with E-state index in [-0.39, 0.29) is 0 Å². The van der Waals surface area contributed by atoms with E-state index in [1.165, 1.54) is 82.7 Å². The van der Waals surface area contributed by atoms with Crippen LogP contribution >= 0.6 is 0 Å². The number of benzene rings is 11. The van der Waals surface area contributed by atoms with E-state index >= 15 is 0 Å². The number of anilines is 3. The normalized spacial score (nSPS) is 11.2. The van der Waals surface area contributed by atoms with Gasteiger partial charge >= 0.3 is 0 Å². The van der Waals surface area contributed by atoms with Crippen LogP contribution in [0.15, 0.2) is 261 Å². The van der Waals surface area contributed by atoms with Crippen LogP contribution in [-0.2, 0) is 0 Å². The highest BCUT2D eigenvalue weighted by atomic mass is 15.1. The minimum Gasteiger partial charge on any atom is -0.310 e. The Morgan fingerprint density at radius 3 is 1.24 bits per heavy atom. The second-order valence-electron chi connectivity index (χ2n) is 16.1. The third-order valence-corrected chi connectivity index (χ3v) is 12.3. The van der Waals surface area contributed by atoms with Gasteiger partial charge in [0.1, 0.15) is 0 Å². The lowest BCUT2D eigenvalue weighted by atomic mass is 9.87. The fourth-order valence-electron chi connectivity index (χ4n) is 9.09. The summed E-state index contributed by atoms with van der Waals surface area (Å²) in [5.74, 6) is 0. The van der Waals surface area contributed by atoms with Crippen molar-refractivity contribution in [2.24, 2.45) is 0 Å². The Balaban J connectivity index is 1.07. The molecule has 0 amide bonds. The zero-order valence-corrected chi connectivity index (χ0v) is 34.8. The average Bonchev–Trinajstić information content (AvgIpc) is 3.37. The predicted molar refractivity (Wildman–Crippen MR) is 269 cm³/mol. The lowest BCUT2D eigenvalue weighted by Crippen LogP contribution is -2.12. The number of rotatable bonds is 9. The SMILES string of the molecule is c1ccc(-c2ccccc2-c2c(-c3ccccc3)cccc2N(c2ccc(-c3ccc(-c4ccc5ccccc5c4)cc3)cc2)c2cccc(-c3ccc4ccccc4c3)c2)cc1. The van der Waals surface area contributed by atoms with Crippen molar-refractivity contribution in [3.8, 4) is 66.8 Å². The number of hydrogen-bond acceptors (Lipinski definition) is 1. The van der Waals surface area contributed by atoms with Gasteiger partial charge in [0, 0.05) is 16.9 Å². The molecule has 0 atom stereocenters. The van der Waals surface area contributed by atoms with Crippen LogP contribution in [-0.4, -0.2) is 0 Å². The lowest BCUT2D eigenvalue weighted by molar-refractivity contribution is 1.28. The maximum absolute atomic E-state index is 2.45. The highest BCUT2D eigenvalue weighted by molar-refractivity contribution is 6.01. The molecule has 0 aromatic heterocycles. The highest BCUT2D eigenvalue weighted by Gasteiger charge is 2.23. The Morgan fingerprint density at radius 2 is 0.619 bits per heavy atom. The van der Waals surface area contributed by atoms with Crippen LogP contribution in [0, 0.1) is 0 Å². The van der Waals surface area contributed by atoms with Gasteiger partial charge in [-0.3, -0.25) is 0 Å². The van der Waals surface area contributed by atoms with Gasteiger partial charge < -0.3 is 4.90 Å². The molecule has 0 aliphatic carbocycles. The van der Waals surface area contributed by atoms with Gasteiger partial charge in [-0.05, 0) is 125 Å². The fourth-order valence-corrected chi connectivity index (χ4v) is 9.09. The molecule has 0 N–H and O–H groups in total. The van der Waals surface area contributed by atoms with E-state index in [0.29, 0.717) is 0 Å². The Kier molecular flexibility index (Phi) is 9.97. The molecule has 0 fully saturated rings. The molecule has 0 radical (unpaired) electrons. The van der Waals surface area contributed by atoms with Crippen LogP contribution in [0.5, 0.6) is 0 Å².